The Bertz CT molecular complexity index is 435. The van der Waals surface area contributed by atoms with Crippen LogP contribution in [0.3, 0.4) is 0 Å². The molecule has 0 aliphatic heterocycles. The molecule has 2 N–H and O–H groups in total. The molecule has 1 rings (SSSR count). The lowest BCUT2D eigenvalue weighted by atomic mass is 10.1. The summed E-state index contributed by atoms with van der Waals surface area (Å²) in [5.41, 5.74) is 1.14. The van der Waals surface area contributed by atoms with Crippen LogP contribution in [0.4, 0.5) is 0 Å². The Kier molecular flexibility index (Phi) is 6.87. The maximum Gasteiger partial charge on any atom is 0.233 e. The average molecular weight is 280 g/mol. The molecular formula is C15H24N2O3. The molecule has 112 valence electrons. The maximum absolute atomic E-state index is 11.4. The van der Waals surface area contributed by atoms with Crippen LogP contribution in [0.15, 0.2) is 18.2 Å². The van der Waals surface area contributed by atoms with Gasteiger partial charge in [0.05, 0.1) is 20.8 Å². The lowest BCUT2D eigenvalue weighted by Gasteiger charge is -2.15. The molecule has 0 spiro atoms. The minimum Gasteiger partial charge on any atom is -0.493 e. The monoisotopic (exact) mass is 280 g/mol. The summed E-state index contributed by atoms with van der Waals surface area (Å²) in [6, 6.07) is 6.06. The summed E-state index contributed by atoms with van der Waals surface area (Å²) in [7, 11) is 3.24. The minimum atomic E-state index is 0.0201. The van der Waals surface area contributed by atoms with E-state index in [-0.39, 0.29) is 11.9 Å². The molecule has 1 amide bonds. The van der Waals surface area contributed by atoms with Gasteiger partial charge in [0, 0.05) is 12.6 Å². The highest BCUT2D eigenvalue weighted by Gasteiger charge is 2.09. The van der Waals surface area contributed by atoms with Crippen LogP contribution >= 0.6 is 0 Å². The number of hydrogen-bond acceptors (Lipinski definition) is 4. The molecule has 0 aliphatic carbocycles. The summed E-state index contributed by atoms with van der Waals surface area (Å²) in [5, 5.41) is 5.96. The molecule has 0 bridgehead atoms. The van der Waals surface area contributed by atoms with E-state index in [0.29, 0.717) is 13.1 Å². The highest BCUT2D eigenvalue weighted by molar-refractivity contribution is 5.77. The van der Waals surface area contributed by atoms with E-state index in [1.807, 2.05) is 25.1 Å². The van der Waals surface area contributed by atoms with Crippen LogP contribution in [0.1, 0.15) is 19.4 Å². The molecule has 0 aromatic heterocycles. The van der Waals surface area contributed by atoms with E-state index < -0.39 is 0 Å². The molecule has 5 heteroatoms. The van der Waals surface area contributed by atoms with Crippen molar-refractivity contribution < 1.29 is 14.3 Å². The molecule has 1 aromatic rings. The van der Waals surface area contributed by atoms with Crippen LogP contribution in [0.25, 0.3) is 0 Å². The third kappa shape index (κ3) is 5.09. The largest absolute Gasteiger partial charge is 0.493 e. The first-order valence-corrected chi connectivity index (χ1v) is 6.81. The Hall–Kier alpha value is -1.75. The summed E-state index contributed by atoms with van der Waals surface area (Å²) in [5.74, 6) is 1.46. The van der Waals surface area contributed by atoms with Crippen molar-refractivity contribution in [1.29, 1.82) is 0 Å². The molecule has 0 radical (unpaired) electrons. The highest BCUT2D eigenvalue weighted by atomic mass is 16.5. The third-order valence-electron chi connectivity index (χ3n) is 2.97. The number of amides is 1. The summed E-state index contributed by atoms with van der Waals surface area (Å²) < 4.78 is 10.5. The number of carbonyl (C=O) groups is 1. The summed E-state index contributed by atoms with van der Waals surface area (Å²) in [6.07, 6.45) is 0.819. The van der Waals surface area contributed by atoms with Gasteiger partial charge in [-0.15, -0.1) is 0 Å². The molecule has 20 heavy (non-hydrogen) atoms. The predicted molar refractivity (Wildman–Crippen MR) is 79.4 cm³/mol. The molecular weight excluding hydrogens is 256 g/mol. The predicted octanol–water partition coefficient (Wildman–Crippen LogP) is 1.36. The molecule has 0 saturated heterocycles. The molecule has 0 saturated carbocycles. The number of methoxy groups -OCH3 is 2. The van der Waals surface area contributed by atoms with Crippen LogP contribution in [-0.2, 0) is 11.2 Å². The van der Waals surface area contributed by atoms with Crippen molar-refractivity contribution in [2.75, 3.05) is 27.3 Å². The van der Waals surface area contributed by atoms with Gasteiger partial charge in [-0.2, -0.15) is 0 Å². The molecule has 0 aliphatic rings. The third-order valence-corrected chi connectivity index (χ3v) is 2.97. The van der Waals surface area contributed by atoms with Gasteiger partial charge >= 0.3 is 0 Å². The van der Waals surface area contributed by atoms with Crippen molar-refractivity contribution in [2.24, 2.45) is 0 Å². The van der Waals surface area contributed by atoms with Crippen molar-refractivity contribution in [2.45, 2.75) is 26.3 Å². The molecule has 5 nitrogen and oxygen atoms in total. The second kappa shape index (κ2) is 8.43. The van der Waals surface area contributed by atoms with Gasteiger partial charge in [0.15, 0.2) is 11.5 Å². The zero-order valence-electron chi connectivity index (χ0n) is 12.7. The molecule has 1 aromatic carbocycles. The van der Waals surface area contributed by atoms with Gasteiger partial charge < -0.3 is 20.1 Å². The standard InChI is InChI=1S/C15H24N2O3/c1-5-16-15(18)10-17-11(2)8-12-6-7-13(19-3)14(9-12)20-4/h6-7,9,11,17H,5,8,10H2,1-4H3,(H,16,18). The Labute approximate surface area is 120 Å². The van der Waals surface area contributed by atoms with E-state index in [1.54, 1.807) is 14.2 Å². The number of rotatable bonds is 8. The van der Waals surface area contributed by atoms with E-state index >= 15 is 0 Å². The number of ether oxygens (including phenoxy) is 2. The number of hydrogen-bond donors (Lipinski definition) is 2. The Balaban J connectivity index is 2.53. The van der Waals surface area contributed by atoms with Gasteiger partial charge in [0.25, 0.3) is 0 Å². The first-order valence-electron chi connectivity index (χ1n) is 6.81. The maximum atomic E-state index is 11.4. The van der Waals surface area contributed by atoms with Gasteiger partial charge in [-0.05, 0) is 38.0 Å². The lowest BCUT2D eigenvalue weighted by Crippen LogP contribution is -2.38. The Morgan fingerprint density at radius 3 is 2.55 bits per heavy atom. The first-order chi connectivity index (χ1) is 9.60. The van der Waals surface area contributed by atoms with Crippen LogP contribution in [0.2, 0.25) is 0 Å². The van der Waals surface area contributed by atoms with Crippen molar-refractivity contribution in [3.05, 3.63) is 23.8 Å². The lowest BCUT2D eigenvalue weighted by molar-refractivity contribution is -0.120. The fraction of sp³-hybridized carbons (Fsp3) is 0.533. The van der Waals surface area contributed by atoms with E-state index in [4.69, 9.17) is 9.47 Å². The average Bonchev–Trinajstić information content (AvgIpc) is 2.45. The van der Waals surface area contributed by atoms with Crippen molar-refractivity contribution in [3.63, 3.8) is 0 Å². The summed E-state index contributed by atoms with van der Waals surface area (Å²) in [4.78, 5) is 11.4. The fourth-order valence-electron chi connectivity index (χ4n) is 1.96. The van der Waals surface area contributed by atoms with Crippen molar-refractivity contribution in [3.8, 4) is 11.5 Å². The zero-order chi connectivity index (χ0) is 15.0. The summed E-state index contributed by atoms with van der Waals surface area (Å²) in [6.45, 7) is 4.95. The van der Waals surface area contributed by atoms with Crippen LogP contribution in [0, 0.1) is 0 Å². The van der Waals surface area contributed by atoms with Crippen molar-refractivity contribution in [1.82, 2.24) is 10.6 Å². The van der Waals surface area contributed by atoms with Gasteiger partial charge in [-0.3, -0.25) is 4.79 Å². The summed E-state index contributed by atoms with van der Waals surface area (Å²) >= 11 is 0. The quantitative estimate of drug-likeness (QED) is 0.755. The van der Waals surface area contributed by atoms with E-state index in [1.165, 1.54) is 0 Å². The van der Waals surface area contributed by atoms with Crippen LogP contribution < -0.4 is 20.1 Å². The number of benzene rings is 1. The fourth-order valence-corrected chi connectivity index (χ4v) is 1.96. The Morgan fingerprint density at radius 2 is 1.95 bits per heavy atom. The van der Waals surface area contributed by atoms with Crippen LogP contribution in [-0.4, -0.2) is 39.3 Å². The van der Waals surface area contributed by atoms with Crippen molar-refractivity contribution >= 4 is 5.91 Å². The van der Waals surface area contributed by atoms with Gasteiger partial charge in [-0.25, -0.2) is 0 Å². The SMILES string of the molecule is CCNC(=O)CNC(C)Cc1ccc(OC)c(OC)c1. The van der Waals surface area contributed by atoms with Gasteiger partial charge in [-0.1, -0.05) is 6.07 Å². The van der Waals surface area contributed by atoms with Gasteiger partial charge in [0.2, 0.25) is 5.91 Å². The topological polar surface area (TPSA) is 59.6 Å². The van der Waals surface area contributed by atoms with E-state index in [0.717, 1.165) is 23.5 Å². The molecule has 0 fully saturated rings. The highest BCUT2D eigenvalue weighted by Crippen LogP contribution is 2.27. The van der Waals surface area contributed by atoms with E-state index in [9.17, 15) is 4.79 Å². The van der Waals surface area contributed by atoms with Gasteiger partial charge in [0.1, 0.15) is 0 Å². The molecule has 0 heterocycles. The minimum absolute atomic E-state index is 0.0201. The molecule has 1 atom stereocenters. The number of carbonyl (C=O) groups excluding carboxylic acids is 1. The number of nitrogens with one attached hydrogen (secondary N) is 2. The second-order valence-corrected chi connectivity index (χ2v) is 4.63. The normalized spacial score (nSPS) is 11.8. The second-order valence-electron chi connectivity index (χ2n) is 4.63. The first kappa shape index (κ1) is 16.3. The number of likely N-dealkylation sites (N-methyl/N-ethyl adjacent to an activating group) is 1. The Morgan fingerprint density at radius 1 is 1.25 bits per heavy atom. The van der Waals surface area contributed by atoms with E-state index in [2.05, 4.69) is 17.6 Å². The zero-order valence-corrected chi connectivity index (χ0v) is 12.7. The van der Waals surface area contributed by atoms with Crippen LogP contribution in [0.5, 0.6) is 11.5 Å². The molecule has 1 unspecified atom stereocenters. The smallest absolute Gasteiger partial charge is 0.233 e.